The Kier molecular flexibility index (Phi) is 5.50. The predicted molar refractivity (Wildman–Crippen MR) is 105 cm³/mol. The molecule has 2 saturated heterocycles. The van der Waals surface area contributed by atoms with Crippen LogP contribution in [0.5, 0.6) is 0 Å². The minimum atomic E-state index is -0.221. The lowest BCUT2D eigenvalue weighted by Crippen LogP contribution is -2.46. The van der Waals surface area contributed by atoms with Gasteiger partial charge in [-0.1, -0.05) is 0 Å². The Morgan fingerprint density at radius 1 is 1.04 bits per heavy atom. The third-order valence-electron chi connectivity index (χ3n) is 5.43. The Morgan fingerprint density at radius 2 is 1.86 bits per heavy atom. The average molecular weight is 383 g/mol. The highest BCUT2D eigenvalue weighted by Gasteiger charge is 2.30. The number of carbonyl (C=O) groups is 1. The summed E-state index contributed by atoms with van der Waals surface area (Å²) in [5, 5.41) is 6.28. The van der Waals surface area contributed by atoms with Crippen LogP contribution in [0.3, 0.4) is 0 Å². The fourth-order valence-corrected chi connectivity index (χ4v) is 4.00. The number of hydrogen-bond acceptors (Lipinski definition) is 7. The molecule has 9 nitrogen and oxygen atoms in total. The van der Waals surface area contributed by atoms with Gasteiger partial charge in [0.2, 0.25) is 11.9 Å². The van der Waals surface area contributed by atoms with Crippen LogP contribution in [0.4, 0.5) is 11.6 Å². The van der Waals surface area contributed by atoms with E-state index in [-0.39, 0.29) is 17.4 Å². The first-order chi connectivity index (χ1) is 13.7. The first kappa shape index (κ1) is 18.4. The van der Waals surface area contributed by atoms with Gasteiger partial charge in [-0.15, -0.1) is 0 Å². The third kappa shape index (κ3) is 4.13. The van der Waals surface area contributed by atoms with Gasteiger partial charge in [-0.25, -0.2) is 15.1 Å². The highest BCUT2D eigenvalue weighted by molar-refractivity contribution is 5.80. The largest absolute Gasteiger partial charge is 0.369 e. The normalized spacial score (nSPS) is 20.7. The molecule has 1 atom stereocenters. The summed E-state index contributed by atoms with van der Waals surface area (Å²) in [5.74, 6) is 0.883. The van der Waals surface area contributed by atoms with Crippen molar-refractivity contribution >= 4 is 17.5 Å². The van der Waals surface area contributed by atoms with Crippen molar-refractivity contribution in [3.63, 3.8) is 0 Å². The van der Waals surface area contributed by atoms with E-state index < -0.39 is 0 Å². The van der Waals surface area contributed by atoms with Gasteiger partial charge in [0.15, 0.2) is 0 Å². The van der Waals surface area contributed by atoms with Crippen LogP contribution in [0.1, 0.15) is 19.3 Å². The molecule has 2 fully saturated rings. The Balaban J connectivity index is 1.39. The number of rotatable bonds is 3. The number of carbonyl (C=O) groups excluding carboxylic acids is 1. The number of aromatic amines is 1. The van der Waals surface area contributed by atoms with Gasteiger partial charge in [-0.2, -0.15) is 5.10 Å². The van der Waals surface area contributed by atoms with E-state index in [1.54, 1.807) is 24.7 Å². The molecule has 1 unspecified atom stereocenters. The molecule has 28 heavy (non-hydrogen) atoms. The Labute approximate surface area is 163 Å². The van der Waals surface area contributed by atoms with Gasteiger partial charge in [0.25, 0.3) is 5.56 Å². The van der Waals surface area contributed by atoms with Crippen LogP contribution in [0.15, 0.2) is 35.5 Å². The number of H-pyrrole nitrogens is 1. The molecule has 2 aromatic heterocycles. The molecule has 2 aromatic rings. The van der Waals surface area contributed by atoms with Crippen molar-refractivity contribution in [2.45, 2.75) is 19.3 Å². The zero-order valence-corrected chi connectivity index (χ0v) is 15.8. The van der Waals surface area contributed by atoms with Crippen LogP contribution in [-0.2, 0) is 4.79 Å². The maximum absolute atomic E-state index is 13.2. The van der Waals surface area contributed by atoms with E-state index >= 15 is 0 Å². The highest BCUT2D eigenvalue weighted by Crippen LogP contribution is 2.24. The quantitative estimate of drug-likeness (QED) is 0.825. The van der Waals surface area contributed by atoms with Gasteiger partial charge < -0.3 is 14.7 Å². The van der Waals surface area contributed by atoms with Gasteiger partial charge >= 0.3 is 0 Å². The van der Waals surface area contributed by atoms with Crippen LogP contribution >= 0.6 is 0 Å². The minimum Gasteiger partial charge on any atom is -0.369 e. The van der Waals surface area contributed by atoms with E-state index in [1.807, 2.05) is 11.0 Å². The maximum Gasteiger partial charge on any atom is 0.266 e. The fraction of sp³-hybridized carbons (Fsp3) is 0.526. The lowest BCUT2D eigenvalue weighted by molar-refractivity contribution is -0.135. The number of anilines is 2. The van der Waals surface area contributed by atoms with Crippen LogP contribution in [-0.4, -0.2) is 70.2 Å². The first-order valence-corrected chi connectivity index (χ1v) is 9.81. The van der Waals surface area contributed by atoms with Gasteiger partial charge in [-0.05, 0) is 25.3 Å². The van der Waals surface area contributed by atoms with Gasteiger partial charge in [0.05, 0.1) is 17.8 Å². The summed E-state index contributed by atoms with van der Waals surface area (Å²) in [5.41, 5.74) is 0.561. The molecular formula is C19H25N7O2. The summed E-state index contributed by atoms with van der Waals surface area (Å²) in [6.07, 6.45) is 7.86. The number of nitrogens with one attached hydrogen (secondary N) is 1. The second-order valence-electron chi connectivity index (χ2n) is 7.30. The fourth-order valence-electron chi connectivity index (χ4n) is 4.00. The molecule has 1 amide bonds. The van der Waals surface area contributed by atoms with E-state index in [4.69, 9.17) is 0 Å². The van der Waals surface area contributed by atoms with Gasteiger partial charge in [0.1, 0.15) is 0 Å². The average Bonchev–Trinajstić information content (AvgIpc) is 3.00. The standard InChI is InChI=1S/C19H25N7O2/c27-17-12-16(13-22-23-17)26-7-1-4-15(14-26)18(28)24-8-3-9-25(11-10-24)19-20-5-2-6-21-19/h2,5-6,12-13,15H,1,3-4,7-11,14H2,(H,23,27). The Bertz CT molecular complexity index is 857. The monoisotopic (exact) mass is 383 g/mol. The van der Waals surface area contributed by atoms with Crippen LogP contribution in [0.2, 0.25) is 0 Å². The topological polar surface area (TPSA) is 98.3 Å². The second kappa shape index (κ2) is 8.37. The second-order valence-corrected chi connectivity index (χ2v) is 7.30. The molecule has 0 radical (unpaired) electrons. The minimum absolute atomic E-state index is 0.0486. The third-order valence-corrected chi connectivity index (χ3v) is 5.43. The van der Waals surface area contributed by atoms with Crippen molar-refractivity contribution in [1.29, 1.82) is 0 Å². The zero-order chi connectivity index (χ0) is 19.3. The number of amides is 1. The molecule has 0 aliphatic carbocycles. The molecule has 2 aliphatic heterocycles. The molecule has 9 heteroatoms. The molecule has 2 aliphatic rings. The van der Waals surface area contributed by atoms with Crippen molar-refractivity contribution in [3.8, 4) is 0 Å². The van der Waals surface area contributed by atoms with E-state index in [0.29, 0.717) is 13.1 Å². The molecule has 0 spiro atoms. The summed E-state index contributed by atoms with van der Waals surface area (Å²) < 4.78 is 0. The highest BCUT2D eigenvalue weighted by atomic mass is 16.2. The molecule has 4 rings (SSSR count). The van der Waals surface area contributed by atoms with Crippen molar-refractivity contribution < 1.29 is 4.79 Å². The Hall–Kier alpha value is -2.97. The summed E-state index contributed by atoms with van der Waals surface area (Å²) in [4.78, 5) is 39.6. The van der Waals surface area contributed by atoms with E-state index in [1.165, 1.54) is 0 Å². The summed E-state index contributed by atoms with van der Waals surface area (Å²) in [7, 11) is 0. The van der Waals surface area contributed by atoms with Crippen LogP contribution < -0.4 is 15.4 Å². The summed E-state index contributed by atoms with van der Waals surface area (Å²) in [6.45, 7) is 4.50. The molecule has 0 bridgehead atoms. The number of aromatic nitrogens is 4. The smallest absolute Gasteiger partial charge is 0.266 e. The molecule has 0 aromatic carbocycles. The van der Waals surface area contributed by atoms with Crippen molar-refractivity contribution in [2.75, 3.05) is 49.1 Å². The maximum atomic E-state index is 13.2. The molecule has 4 heterocycles. The molecule has 0 saturated carbocycles. The van der Waals surface area contributed by atoms with Crippen LogP contribution in [0, 0.1) is 5.92 Å². The SMILES string of the molecule is O=C(C1CCCN(c2cn[nH]c(=O)c2)C1)N1CCCN(c2ncccn2)CC1. The number of hydrogen-bond donors (Lipinski definition) is 1. The molecular weight excluding hydrogens is 358 g/mol. The van der Waals surface area contributed by atoms with Crippen molar-refractivity contribution in [1.82, 2.24) is 25.1 Å². The van der Waals surface area contributed by atoms with E-state index in [0.717, 1.165) is 57.1 Å². The number of nitrogens with zero attached hydrogens (tertiary/aromatic N) is 6. The molecule has 1 N–H and O–H groups in total. The van der Waals surface area contributed by atoms with Crippen LogP contribution in [0.25, 0.3) is 0 Å². The summed E-state index contributed by atoms with van der Waals surface area (Å²) >= 11 is 0. The lowest BCUT2D eigenvalue weighted by atomic mass is 9.96. The number of piperidine rings is 1. The zero-order valence-electron chi connectivity index (χ0n) is 15.8. The van der Waals surface area contributed by atoms with E-state index in [2.05, 4.69) is 30.0 Å². The van der Waals surface area contributed by atoms with E-state index in [9.17, 15) is 9.59 Å². The Morgan fingerprint density at radius 3 is 2.68 bits per heavy atom. The van der Waals surface area contributed by atoms with Gasteiger partial charge in [-0.3, -0.25) is 9.59 Å². The van der Waals surface area contributed by atoms with Gasteiger partial charge in [0, 0.05) is 57.7 Å². The summed E-state index contributed by atoms with van der Waals surface area (Å²) in [6, 6.07) is 3.35. The predicted octanol–water partition coefficient (Wildman–Crippen LogP) is 0.515. The van der Waals surface area contributed by atoms with Crippen molar-refractivity contribution in [2.24, 2.45) is 5.92 Å². The lowest BCUT2D eigenvalue weighted by Gasteiger charge is -2.35. The molecule has 148 valence electrons. The first-order valence-electron chi connectivity index (χ1n) is 9.81. The van der Waals surface area contributed by atoms with Crippen molar-refractivity contribution in [3.05, 3.63) is 41.1 Å².